The summed E-state index contributed by atoms with van der Waals surface area (Å²) in [5.41, 5.74) is -1.01. The highest BCUT2D eigenvalue weighted by Crippen LogP contribution is 2.25. The highest BCUT2D eigenvalue weighted by Gasteiger charge is 2.34. The topological polar surface area (TPSA) is 99.1 Å². The minimum Gasteiger partial charge on any atom is -0.353 e. The van der Waals surface area contributed by atoms with Crippen LogP contribution in [-0.4, -0.2) is 33.7 Å². The standard InChI is InChI=1S/C10H19N3O3S/c1-4-10(5-2,8-11)9(14)12-6-7-13-17(3,15)16/h13H,4-7H2,1-3H3,(H,12,14). The molecule has 0 aliphatic rings. The molecule has 0 heterocycles. The van der Waals surface area contributed by atoms with Gasteiger partial charge in [0.15, 0.2) is 0 Å². The Bertz CT molecular complexity index is 394. The van der Waals surface area contributed by atoms with Crippen molar-refractivity contribution in [3.05, 3.63) is 0 Å². The minimum absolute atomic E-state index is 0.125. The van der Waals surface area contributed by atoms with E-state index < -0.39 is 15.4 Å². The number of sulfonamides is 1. The lowest BCUT2D eigenvalue weighted by Gasteiger charge is -2.22. The van der Waals surface area contributed by atoms with Gasteiger partial charge in [0, 0.05) is 13.1 Å². The molecule has 1 amide bonds. The monoisotopic (exact) mass is 261 g/mol. The maximum Gasteiger partial charge on any atom is 0.240 e. The molecule has 7 heteroatoms. The molecule has 0 saturated carbocycles. The zero-order valence-corrected chi connectivity index (χ0v) is 11.2. The van der Waals surface area contributed by atoms with Crippen LogP contribution < -0.4 is 10.0 Å². The molecule has 6 nitrogen and oxygen atoms in total. The molecule has 2 N–H and O–H groups in total. The van der Waals surface area contributed by atoms with E-state index in [4.69, 9.17) is 5.26 Å². The first kappa shape index (κ1) is 15.9. The molecular formula is C10H19N3O3S. The first-order valence-electron chi connectivity index (χ1n) is 5.45. The number of nitrogens with zero attached hydrogens (tertiary/aromatic N) is 1. The third-order valence-corrected chi connectivity index (χ3v) is 3.36. The van der Waals surface area contributed by atoms with Crippen LogP contribution in [0.25, 0.3) is 0 Å². The average molecular weight is 261 g/mol. The first-order valence-corrected chi connectivity index (χ1v) is 7.34. The van der Waals surface area contributed by atoms with E-state index >= 15 is 0 Å². The van der Waals surface area contributed by atoms with Crippen molar-refractivity contribution in [2.75, 3.05) is 19.3 Å². The van der Waals surface area contributed by atoms with Crippen LogP contribution in [0.3, 0.4) is 0 Å². The van der Waals surface area contributed by atoms with Gasteiger partial charge < -0.3 is 5.32 Å². The third-order valence-electron chi connectivity index (χ3n) is 2.63. The number of hydrogen-bond donors (Lipinski definition) is 2. The minimum atomic E-state index is -3.24. The fraction of sp³-hybridized carbons (Fsp3) is 0.800. The molecule has 0 bridgehead atoms. The van der Waals surface area contributed by atoms with Crippen LogP contribution in [0.15, 0.2) is 0 Å². The Hall–Kier alpha value is -1.13. The van der Waals surface area contributed by atoms with E-state index in [1.54, 1.807) is 13.8 Å². The van der Waals surface area contributed by atoms with Gasteiger partial charge in [0.1, 0.15) is 5.41 Å². The number of nitriles is 1. The summed E-state index contributed by atoms with van der Waals surface area (Å²) in [5, 5.41) is 11.6. The van der Waals surface area contributed by atoms with Gasteiger partial charge >= 0.3 is 0 Å². The summed E-state index contributed by atoms with van der Waals surface area (Å²) >= 11 is 0. The zero-order valence-electron chi connectivity index (χ0n) is 10.4. The molecule has 0 saturated heterocycles. The average Bonchev–Trinajstić information content (AvgIpc) is 2.26. The van der Waals surface area contributed by atoms with Gasteiger partial charge in [-0.25, -0.2) is 13.1 Å². The van der Waals surface area contributed by atoms with Gasteiger partial charge in [0.2, 0.25) is 15.9 Å². The predicted molar refractivity (Wildman–Crippen MR) is 64.5 cm³/mol. The largest absolute Gasteiger partial charge is 0.353 e. The van der Waals surface area contributed by atoms with Gasteiger partial charge in [-0.15, -0.1) is 0 Å². The van der Waals surface area contributed by atoms with E-state index in [2.05, 4.69) is 10.0 Å². The molecule has 0 rings (SSSR count). The van der Waals surface area contributed by atoms with Gasteiger partial charge in [-0.05, 0) is 12.8 Å². The summed E-state index contributed by atoms with van der Waals surface area (Å²) in [7, 11) is -3.24. The van der Waals surface area contributed by atoms with E-state index in [0.717, 1.165) is 6.26 Å². The van der Waals surface area contributed by atoms with Crippen molar-refractivity contribution in [2.24, 2.45) is 5.41 Å². The molecule has 0 fully saturated rings. The predicted octanol–water partition coefficient (Wildman–Crippen LogP) is -0.0182. The summed E-state index contributed by atoms with van der Waals surface area (Å²) < 4.78 is 23.8. The van der Waals surface area contributed by atoms with E-state index in [1.165, 1.54) is 0 Å². The van der Waals surface area contributed by atoms with E-state index in [1.807, 2.05) is 6.07 Å². The molecule has 0 aromatic rings. The summed E-state index contributed by atoms with van der Waals surface area (Å²) in [6, 6.07) is 2.02. The maximum absolute atomic E-state index is 11.8. The highest BCUT2D eigenvalue weighted by molar-refractivity contribution is 7.88. The van der Waals surface area contributed by atoms with Crippen LogP contribution in [0.4, 0.5) is 0 Å². The van der Waals surface area contributed by atoms with Crippen LogP contribution in [0.2, 0.25) is 0 Å². The Morgan fingerprint density at radius 1 is 1.29 bits per heavy atom. The Labute approximate surface area is 102 Å². The number of carbonyl (C=O) groups is 1. The van der Waals surface area contributed by atoms with Crippen molar-refractivity contribution in [2.45, 2.75) is 26.7 Å². The second-order valence-corrected chi connectivity index (χ2v) is 5.66. The van der Waals surface area contributed by atoms with Crippen LogP contribution in [0.1, 0.15) is 26.7 Å². The summed E-state index contributed by atoms with van der Waals surface area (Å²) in [6.45, 7) is 3.86. The quantitative estimate of drug-likeness (QED) is 0.629. The third kappa shape index (κ3) is 5.15. The Morgan fingerprint density at radius 2 is 1.82 bits per heavy atom. The van der Waals surface area contributed by atoms with Crippen LogP contribution in [0, 0.1) is 16.7 Å². The van der Waals surface area contributed by atoms with E-state index in [0.29, 0.717) is 12.8 Å². The molecule has 0 aromatic carbocycles. The lowest BCUT2D eigenvalue weighted by molar-refractivity contribution is -0.128. The number of carbonyl (C=O) groups excluding carboxylic acids is 1. The molecule has 0 spiro atoms. The Balaban J connectivity index is 4.23. The van der Waals surface area contributed by atoms with Crippen molar-refractivity contribution in [1.29, 1.82) is 5.26 Å². The molecule has 0 aliphatic heterocycles. The van der Waals surface area contributed by atoms with Gasteiger partial charge in [0.25, 0.3) is 0 Å². The highest BCUT2D eigenvalue weighted by atomic mass is 32.2. The fourth-order valence-electron chi connectivity index (χ4n) is 1.36. The first-order chi connectivity index (χ1) is 7.81. The Kier molecular flexibility index (Phi) is 6.13. The molecular weight excluding hydrogens is 242 g/mol. The number of hydrogen-bond acceptors (Lipinski definition) is 4. The van der Waals surface area contributed by atoms with E-state index in [-0.39, 0.29) is 19.0 Å². The van der Waals surface area contributed by atoms with Crippen LogP contribution >= 0.6 is 0 Å². The maximum atomic E-state index is 11.8. The molecule has 0 aliphatic carbocycles. The molecule has 0 atom stereocenters. The molecule has 0 radical (unpaired) electrons. The summed E-state index contributed by atoms with van der Waals surface area (Å²) in [4.78, 5) is 11.8. The van der Waals surface area contributed by atoms with Crippen molar-refractivity contribution in [3.63, 3.8) is 0 Å². The molecule has 17 heavy (non-hydrogen) atoms. The van der Waals surface area contributed by atoms with Gasteiger partial charge in [-0.3, -0.25) is 4.79 Å². The normalized spacial score (nSPS) is 11.9. The lowest BCUT2D eigenvalue weighted by atomic mass is 9.83. The second-order valence-electron chi connectivity index (χ2n) is 3.82. The van der Waals surface area contributed by atoms with Gasteiger partial charge in [-0.1, -0.05) is 13.8 Å². The zero-order chi connectivity index (χ0) is 13.5. The Morgan fingerprint density at radius 3 is 2.18 bits per heavy atom. The van der Waals surface area contributed by atoms with Crippen molar-refractivity contribution < 1.29 is 13.2 Å². The summed E-state index contributed by atoms with van der Waals surface area (Å²) in [5.74, 6) is -0.347. The fourth-order valence-corrected chi connectivity index (χ4v) is 1.83. The molecule has 0 aromatic heterocycles. The van der Waals surface area contributed by atoms with E-state index in [9.17, 15) is 13.2 Å². The van der Waals surface area contributed by atoms with Gasteiger partial charge in [-0.2, -0.15) is 5.26 Å². The number of amides is 1. The van der Waals surface area contributed by atoms with Crippen molar-refractivity contribution in [1.82, 2.24) is 10.0 Å². The summed E-state index contributed by atoms with van der Waals surface area (Å²) in [6.07, 6.45) is 1.92. The van der Waals surface area contributed by atoms with Gasteiger partial charge in [0.05, 0.1) is 12.3 Å². The van der Waals surface area contributed by atoms with Crippen molar-refractivity contribution in [3.8, 4) is 6.07 Å². The van der Waals surface area contributed by atoms with Crippen molar-refractivity contribution >= 4 is 15.9 Å². The lowest BCUT2D eigenvalue weighted by Crippen LogP contribution is -2.42. The number of rotatable bonds is 7. The number of nitrogens with one attached hydrogen (secondary N) is 2. The molecule has 0 unspecified atom stereocenters. The van der Waals surface area contributed by atoms with Crippen LogP contribution in [-0.2, 0) is 14.8 Å². The smallest absolute Gasteiger partial charge is 0.240 e. The SMILES string of the molecule is CCC(C#N)(CC)C(=O)NCCNS(C)(=O)=O. The van der Waals surface area contributed by atoms with Crippen LogP contribution in [0.5, 0.6) is 0 Å². The molecule has 98 valence electrons. The second kappa shape index (κ2) is 6.57.